The molecule has 98 valence electrons. The molecule has 0 atom stereocenters. The van der Waals surface area contributed by atoms with Crippen molar-refractivity contribution in [1.82, 2.24) is 4.90 Å². The number of aliphatic hydroxyl groups is 1. The zero-order valence-corrected chi connectivity index (χ0v) is 11.2. The minimum Gasteiger partial charge on any atom is -0.396 e. The zero-order chi connectivity index (χ0) is 12.8. The van der Waals surface area contributed by atoms with Gasteiger partial charge in [-0.2, -0.15) is 0 Å². The van der Waals surface area contributed by atoms with Crippen LogP contribution in [0.2, 0.25) is 0 Å². The average Bonchev–Trinajstić information content (AvgIpc) is 2.40. The second-order valence-electron chi connectivity index (χ2n) is 5.08. The molecule has 0 amide bonds. The van der Waals surface area contributed by atoms with Crippen molar-refractivity contribution in [2.45, 2.75) is 26.2 Å². The molecule has 1 aromatic rings. The fourth-order valence-corrected chi connectivity index (χ4v) is 2.47. The molecule has 2 heteroatoms. The number of hydrogen-bond donors (Lipinski definition) is 1. The fourth-order valence-electron chi connectivity index (χ4n) is 2.47. The monoisotopic (exact) mass is 245 g/mol. The summed E-state index contributed by atoms with van der Waals surface area (Å²) in [6.45, 7) is 5.77. The minimum absolute atomic E-state index is 0.318. The van der Waals surface area contributed by atoms with Crippen LogP contribution in [0.25, 0.3) is 5.57 Å². The lowest BCUT2D eigenvalue weighted by Crippen LogP contribution is -2.29. The average molecular weight is 245 g/mol. The van der Waals surface area contributed by atoms with Crippen molar-refractivity contribution in [2.24, 2.45) is 0 Å². The molecule has 0 aliphatic carbocycles. The van der Waals surface area contributed by atoms with E-state index >= 15 is 0 Å². The van der Waals surface area contributed by atoms with Crippen LogP contribution >= 0.6 is 0 Å². The van der Waals surface area contributed by atoms with Crippen molar-refractivity contribution in [3.63, 3.8) is 0 Å². The molecule has 1 aliphatic rings. The molecule has 1 aliphatic heterocycles. The Kier molecular flexibility index (Phi) is 4.97. The Balaban J connectivity index is 1.90. The third kappa shape index (κ3) is 3.69. The zero-order valence-electron chi connectivity index (χ0n) is 11.2. The molecule has 0 saturated carbocycles. The summed E-state index contributed by atoms with van der Waals surface area (Å²) < 4.78 is 0. The van der Waals surface area contributed by atoms with Gasteiger partial charge in [0.05, 0.1) is 0 Å². The third-order valence-electron chi connectivity index (χ3n) is 3.56. The van der Waals surface area contributed by atoms with Gasteiger partial charge in [0.1, 0.15) is 0 Å². The van der Waals surface area contributed by atoms with Crippen molar-refractivity contribution in [2.75, 3.05) is 26.2 Å². The van der Waals surface area contributed by atoms with Crippen LogP contribution in [0.4, 0.5) is 0 Å². The van der Waals surface area contributed by atoms with Gasteiger partial charge in [-0.15, -0.1) is 0 Å². The van der Waals surface area contributed by atoms with Gasteiger partial charge in [0.15, 0.2) is 0 Å². The Bertz CT molecular complexity index is 411. The number of unbranched alkanes of at least 4 members (excludes halogenated alkanes) is 1. The Morgan fingerprint density at radius 1 is 1.28 bits per heavy atom. The highest BCUT2D eigenvalue weighted by atomic mass is 16.2. The maximum Gasteiger partial charge on any atom is 0.0431 e. The maximum atomic E-state index is 8.78. The van der Waals surface area contributed by atoms with Crippen molar-refractivity contribution < 1.29 is 5.11 Å². The van der Waals surface area contributed by atoms with E-state index in [1.807, 2.05) is 0 Å². The van der Waals surface area contributed by atoms with Crippen LogP contribution in [-0.4, -0.2) is 36.2 Å². The molecule has 0 spiro atoms. The van der Waals surface area contributed by atoms with E-state index in [9.17, 15) is 0 Å². The Morgan fingerprint density at radius 2 is 2.17 bits per heavy atom. The molecule has 2 rings (SSSR count). The van der Waals surface area contributed by atoms with Crippen LogP contribution < -0.4 is 0 Å². The van der Waals surface area contributed by atoms with Gasteiger partial charge in [0, 0.05) is 19.7 Å². The molecule has 1 heterocycles. The molecule has 0 bridgehead atoms. The lowest BCUT2D eigenvalue weighted by Gasteiger charge is -2.26. The molecule has 0 aromatic heterocycles. The van der Waals surface area contributed by atoms with Gasteiger partial charge in [-0.05, 0) is 43.9 Å². The lowest BCUT2D eigenvalue weighted by atomic mass is 9.98. The predicted octanol–water partition coefficient (Wildman–Crippen LogP) is 2.86. The Morgan fingerprint density at radius 3 is 2.83 bits per heavy atom. The van der Waals surface area contributed by atoms with E-state index in [4.69, 9.17) is 5.11 Å². The second-order valence-corrected chi connectivity index (χ2v) is 5.08. The summed E-state index contributed by atoms with van der Waals surface area (Å²) in [4.78, 5) is 2.47. The first-order valence-electron chi connectivity index (χ1n) is 6.89. The second kappa shape index (κ2) is 6.72. The Labute approximate surface area is 110 Å². The van der Waals surface area contributed by atoms with Crippen molar-refractivity contribution >= 4 is 5.57 Å². The van der Waals surface area contributed by atoms with Gasteiger partial charge in [-0.3, -0.25) is 4.90 Å². The first kappa shape index (κ1) is 13.3. The van der Waals surface area contributed by atoms with Crippen LogP contribution in [0.3, 0.4) is 0 Å². The minimum atomic E-state index is 0.318. The van der Waals surface area contributed by atoms with Crippen molar-refractivity contribution in [1.29, 1.82) is 0 Å². The molecule has 0 unspecified atom stereocenters. The summed E-state index contributed by atoms with van der Waals surface area (Å²) in [5.41, 5.74) is 4.20. The first-order chi connectivity index (χ1) is 8.79. The molecule has 1 N–H and O–H groups in total. The van der Waals surface area contributed by atoms with Crippen LogP contribution in [0, 0.1) is 6.92 Å². The van der Waals surface area contributed by atoms with Crippen LogP contribution in [0.15, 0.2) is 30.3 Å². The van der Waals surface area contributed by atoms with Crippen LogP contribution in [0.5, 0.6) is 0 Å². The molecule has 18 heavy (non-hydrogen) atoms. The maximum absolute atomic E-state index is 8.78. The molecule has 0 saturated heterocycles. The molecular formula is C16H23NO. The fraction of sp³-hybridized carbons (Fsp3) is 0.500. The number of hydrogen-bond acceptors (Lipinski definition) is 2. The summed E-state index contributed by atoms with van der Waals surface area (Å²) in [7, 11) is 0. The van der Waals surface area contributed by atoms with E-state index in [0.29, 0.717) is 6.61 Å². The van der Waals surface area contributed by atoms with Gasteiger partial charge in [0.25, 0.3) is 0 Å². The normalized spacial score (nSPS) is 16.7. The van der Waals surface area contributed by atoms with E-state index in [1.54, 1.807) is 0 Å². The summed E-state index contributed by atoms with van der Waals surface area (Å²) in [6.07, 6.45) is 5.52. The largest absolute Gasteiger partial charge is 0.396 e. The quantitative estimate of drug-likeness (QED) is 0.806. The summed E-state index contributed by atoms with van der Waals surface area (Å²) >= 11 is 0. The Hall–Kier alpha value is -1.12. The smallest absolute Gasteiger partial charge is 0.0431 e. The standard InChI is InChI=1S/C16H23NO/c1-14-5-4-6-16(13-14)15-7-10-17(11-8-15)9-2-3-12-18/h4-7,13,18H,2-3,8-12H2,1H3. The summed E-state index contributed by atoms with van der Waals surface area (Å²) in [5, 5.41) is 8.78. The van der Waals surface area contributed by atoms with E-state index in [1.165, 1.54) is 16.7 Å². The van der Waals surface area contributed by atoms with Gasteiger partial charge in [-0.1, -0.05) is 35.9 Å². The van der Waals surface area contributed by atoms with Crippen LogP contribution in [-0.2, 0) is 0 Å². The number of aryl methyl sites for hydroxylation is 1. The summed E-state index contributed by atoms with van der Waals surface area (Å²) in [5.74, 6) is 0. The number of rotatable bonds is 5. The lowest BCUT2D eigenvalue weighted by molar-refractivity contribution is 0.253. The number of aliphatic hydroxyl groups excluding tert-OH is 1. The van der Waals surface area contributed by atoms with E-state index in [-0.39, 0.29) is 0 Å². The SMILES string of the molecule is Cc1cccc(C2=CCN(CCCCO)CC2)c1. The van der Waals surface area contributed by atoms with Gasteiger partial charge in [0.2, 0.25) is 0 Å². The topological polar surface area (TPSA) is 23.5 Å². The van der Waals surface area contributed by atoms with E-state index in [0.717, 1.165) is 38.9 Å². The van der Waals surface area contributed by atoms with E-state index < -0.39 is 0 Å². The molecular weight excluding hydrogens is 222 g/mol. The highest BCUT2D eigenvalue weighted by Gasteiger charge is 2.12. The van der Waals surface area contributed by atoms with Crippen molar-refractivity contribution in [3.8, 4) is 0 Å². The predicted molar refractivity (Wildman–Crippen MR) is 76.5 cm³/mol. The van der Waals surface area contributed by atoms with Gasteiger partial charge in [-0.25, -0.2) is 0 Å². The molecule has 1 aromatic carbocycles. The third-order valence-corrected chi connectivity index (χ3v) is 3.56. The van der Waals surface area contributed by atoms with Crippen LogP contribution in [0.1, 0.15) is 30.4 Å². The first-order valence-corrected chi connectivity index (χ1v) is 6.89. The number of benzene rings is 1. The highest BCUT2D eigenvalue weighted by Crippen LogP contribution is 2.23. The van der Waals surface area contributed by atoms with Crippen molar-refractivity contribution in [3.05, 3.63) is 41.5 Å². The summed E-state index contributed by atoms with van der Waals surface area (Å²) in [6, 6.07) is 8.76. The van der Waals surface area contributed by atoms with E-state index in [2.05, 4.69) is 42.2 Å². The van der Waals surface area contributed by atoms with Gasteiger partial charge < -0.3 is 5.11 Å². The molecule has 0 fully saturated rings. The molecule has 0 radical (unpaired) electrons. The highest BCUT2D eigenvalue weighted by molar-refractivity contribution is 5.67. The molecule has 2 nitrogen and oxygen atoms in total. The number of nitrogens with zero attached hydrogens (tertiary/aromatic N) is 1. The van der Waals surface area contributed by atoms with Gasteiger partial charge >= 0.3 is 0 Å².